The number of carbonyl (C=O) groups excluding carboxylic acids is 3. The van der Waals surface area contributed by atoms with Gasteiger partial charge in [-0.2, -0.15) is 0 Å². The van der Waals surface area contributed by atoms with Crippen molar-refractivity contribution in [2.24, 2.45) is 11.8 Å². The van der Waals surface area contributed by atoms with Gasteiger partial charge in [-0.15, -0.1) is 0 Å². The topological polar surface area (TPSA) is 106 Å². The van der Waals surface area contributed by atoms with Gasteiger partial charge in [-0.3, -0.25) is 9.59 Å². The van der Waals surface area contributed by atoms with Crippen LogP contribution in [0.15, 0.2) is 54.7 Å². The molecule has 0 aliphatic carbocycles. The highest BCUT2D eigenvalue weighted by molar-refractivity contribution is 5.83. The number of benzene rings is 2. The summed E-state index contributed by atoms with van der Waals surface area (Å²) in [7, 11) is 0. The molecule has 13 heteroatoms. The molecule has 2 aliphatic rings. The Morgan fingerprint density at radius 2 is 1.76 bits per heavy atom. The van der Waals surface area contributed by atoms with Crippen molar-refractivity contribution in [3.05, 3.63) is 77.8 Å². The number of nitrogens with one attached hydrogen (secondary N) is 1. The highest BCUT2D eigenvalue weighted by Gasteiger charge is 2.44. The first-order chi connectivity index (χ1) is 23.7. The normalized spacial score (nSPS) is 19.6. The number of hydrogen-bond donors (Lipinski definition) is 1. The number of amides is 2. The molecule has 3 aromatic rings. The zero-order valence-corrected chi connectivity index (χ0v) is 29.2. The molecule has 270 valence electrons. The van der Waals surface area contributed by atoms with Gasteiger partial charge in [-0.25, -0.2) is 22.9 Å². The van der Waals surface area contributed by atoms with E-state index in [1.165, 1.54) is 23.6 Å². The Balaban J connectivity index is 1.62. The van der Waals surface area contributed by atoms with Crippen molar-refractivity contribution in [3.8, 4) is 11.3 Å². The van der Waals surface area contributed by atoms with E-state index in [2.05, 4.69) is 5.32 Å². The second-order valence-corrected chi connectivity index (χ2v) is 14.2. The summed E-state index contributed by atoms with van der Waals surface area (Å²) in [5, 5.41) is 3.34. The van der Waals surface area contributed by atoms with E-state index in [9.17, 15) is 18.8 Å². The van der Waals surface area contributed by atoms with Crippen molar-refractivity contribution in [3.63, 3.8) is 0 Å². The predicted molar refractivity (Wildman–Crippen MR) is 181 cm³/mol. The molecule has 4 unspecified atom stereocenters. The van der Waals surface area contributed by atoms with E-state index >= 15 is 8.78 Å². The molecule has 0 radical (unpaired) electrons. The summed E-state index contributed by atoms with van der Waals surface area (Å²) < 4.78 is 58.2. The largest absolute Gasteiger partial charge is 0.453 e. The molecule has 0 spiro atoms. The Morgan fingerprint density at radius 3 is 2.42 bits per heavy atom. The molecule has 4 atom stereocenters. The number of nitrogens with zero attached hydrogens (tertiary/aromatic N) is 4. The van der Waals surface area contributed by atoms with Crippen molar-refractivity contribution < 1.29 is 37.0 Å². The third kappa shape index (κ3) is 9.04. The highest BCUT2D eigenvalue weighted by Crippen LogP contribution is 2.38. The molecule has 1 N–H and O–H groups in total. The minimum Gasteiger partial charge on any atom is -0.453 e. The van der Waals surface area contributed by atoms with Crippen molar-refractivity contribution in [2.75, 3.05) is 32.7 Å². The maximum Gasteiger partial charge on any atom is 0.410 e. The van der Waals surface area contributed by atoms with E-state index in [-0.39, 0.29) is 36.8 Å². The summed E-state index contributed by atoms with van der Waals surface area (Å²) in [6.07, 6.45) is -0.432. The molecule has 2 aromatic carbocycles. The zero-order chi connectivity index (χ0) is 36.2. The number of hydrogen-bond acceptors (Lipinski definition) is 7. The van der Waals surface area contributed by atoms with Crippen LogP contribution in [0.1, 0.15) is 64.9 Å². The highest BCUT2D eigenvalue weighted by atomic mass is 19.1. The minimum absolute atomic E-state index is 0.00103. The third-order valence-electron chi connectivity index (χ3n) is 9.06. The van der Waals surface area contributed by atoms with Crippen molar-refractivity contribution >= 4 is 18.0 Å². The lowest BCUT2D eigenvalue weighted by atomic mass is 9.87. The molecule has 2 fully saturated rings. The van der Waals surface area contributed by atoms with Gasteiger partial charge in [-0.1, -0.05) is 30.3 Å². The second-order valence-electron chi connectivity index (χ2n) is 14.2. The number of alkyl halides is 1. The molecule has 0 saturated carbocycles. The number of piperidine rings is 1. The van der Waals surface area contributed by atoms with Gasteiger partial charge < -0.3 is 29.2 Å². The molecule has 0 bridgehead atoms. The van der Waals surface area contributed by atoms with Crippen LogP contribution in [0.5, 0.6) is 0 Å². The zero-order valence-electron chi connectivity index (χ0n) is 29.2. The van der Waals surface area contributed by atoms with Gasteiger partial charge >= 0.3 is 12.1 Å². The lowest BCUT2D eigenvalue weighted by Crippen LogP contribution is -2.49. The van der Waals surface area contributed by atoms with Gasteiger partial charge in [0.05, 0.1) is 18.3 Å². The van der Waals surface area contributed by atoms with Crippen LogP contribution in [0.2, 0.25) is 0 Å². The SMILES string of the molecule is CC(=O)OC(C)C(=O)N(CC1CN(C(=O)OC(C)(C)C)CC1F)C(c1nc(-c2cc(F)ccc2F)cn1Cc1ccccc1)C1CCNCC1. The van der Waals surface area contributed by atoms with E-state index in [0.29, 0.717) is 38.3 Å². The van der Waals surface area contributed by atoms with E-state index in [0.717, 1.165) is 23.8 Å². The number of carbonyl (C=O) groups is 3. The van der Waals surface area contributed by atoms with Crippen LogP contribution < -0.4 is 5.32 Å². The Labute approximate surface area is 290 Å². The summed E-state index contributed by atoms with van der Waals surface area (Å²) in [6, 6.07) is 11.9. The molecule has 5 rings (SSSR count). The maximum absolute atomic E-state index is 15.9. The summed E-state index contributed by atoms with van der Waals surface area (Å²) in [6.45, 7) is 9.13. The van der Waals surface area contributed by atoms with Gasteiger partial charge in [0.15, 0.2) is 6.10 Å². The van der Waals surface area contributed by atoms with Crippen LogP contribution in [0.4, 0.5) is 18.0 Å². The third-order valence-corrected chi connectivity index (χ3v) is 9.06. The molecule has 50 heavy (non-hydrogen) atoms. The molecule has 2 amide bonds. The van der Waals surface area contributed by atoms with E-state index < -0.39 is 59.4 Å². The fourth-order valence-corrected chi connectivity index (χ4v) is 6.77. The maximum atomic E-state index is 15.9. The fraction of sp³-hybridized carbons (Fsp3) is 0.514. The van der Waals surface area contributed by atoms with Crippen LogP contribution in [-0.2, 0) is 25.6 Å². The summed E-state index contributed by atoms with van der Waals surface area (Å²) in [5.74, 6) is -3.08. The number of rotatable bonds is 10. The van der Waals surface area contributed by atoms with Gasteiger partial charge in [0, 0.05) is 44.2 Å². The predicted octanol–water partition coefficient (Wildman–Crippen LogP) is 5.90. The number of imidazole rings is 1. The van der Waals surface area contributed by atoms with E-state index in [4.69, 9.17) is 14.5 Å². The molecule has 3 heterocycles. The number of ether oxygens (including phenoxy) is 2. The van der Waals surface area contributed by atoms with Gasteiger partial charge in [0.25, 0.3) is 5.91 Å². The van der Waals surface area contributed by atoms with Crippen LogP contribution >= 0.6 is 0 Å². The number of esters is 1. The van der Waals surface area contributed by atoms with Crippen LogP contribution in [0.3, 0.4) is 0 Å². The van der Waals surface area contributed by atoms with E-state index in [1.54, 1.807) is 27.0 Å². The lowest BCUT2D eigenvalue weighted by molar-refractivity contribution is -0.160. The Hall–Kier alpha value is -4.39. The molecule has 2 aliphatic heterocycles. The number of likely N-dealkylation sites (tertiary alicyclic amines) is 1. The van der Waals surface area contributed by atoms with Crippen LogP contribution in [-0.4, -0.2) is 87.9 Å². The Kier molecular flexibility index (Phi) is 11.5. The fourth-order valence-electron chi connectivity index (χ4n) is 6.77. The van der Waals surface area contributed by atoms with Gasteiger partial charge in [0.2, 0.25) is 0 Å². The quantitative estimate of drug-likeness (QED) is 0.263. The smallest absolute Gasteiger partial charge is 0.410 e. The first-order valence-corrected chi connectivity index (χ1v) is 17.1. The first-order valence-electron chi connectivity index (χ1n) is 17.1. The summed E-state index contributed by atoms with van der Waals surface area (Å²) >= 11 is 0. The lowest BCUT2D eigenvalue weighted by Gasteiger charge is -2.41. The molecular weight excluding hydrogens is 651 g/mol. The van der Waals surface area contributed by atoms with Gasteiger partial charge in [0.1, 0.15) is 29.2 Å². The Bertz CT molecular complexity index is 1660. The molecule has 1 aromatic heterocycles. The number of halogens is 3. The van der Waals surface area contributed by atoms with Crippen molar-refractivity contribution in [1.82, 2.24) is 24.7 Å². The van der Waals surface area contributed by atoms with Crippen molar-refractivity contribution in [1.29, 1.82) is 0 Å². The van der Waals surface area contributed by atoms with Crippen LogP contribution in [0, 0.1) is 23.5 Å². The molecule has 10 nitrogen and oxygen atoms in total. The van der Waals surface area contributed by atoms with Gasteiger partial charge in [-0.05, 0) is 83.3 Å². The number of aromatic nitrogens is 2. The second kappa shape index (κ2) is 15.7. The first kappa shape index (κ1) is 36.9. The molecular formula is C37H46F3N5O5. The van der Waals surface area contributed by atoms with Crippen LogP contribution in [0.25, 0.3) is 11.3 Å². The standard InChI is InChI=1S/C37H46F3N5O5/c1-23(49-24(2)46)35(47)45(20-27-19-44(21-31(27)40)36(48)50-37(3,4)5)33(26-13-15-41-16-14-26)34-42-32(29-17-28(38)11-12-30(29)39)22-43(34)18-25-9-7-6-8-10-25/h6-12,17,22-23,26-27,31,33,41H,13-16,18-21H2,1-5H3. The Morgan fingerprint density at radius 1 is 1.06 bits per heavy atom. The monoisotopic (exact) mass is 697 g/mol. The minimum atomic E-state index is -1.48. The average Bonchev–Trinajstić information content (AvgIpc) is 3.64. The van der Waals surface area contributed by atoms with E-state index in [1.807, 2.05) is 34.9 Å². The summed E-state index contributed by atoms with van der Waals surface area (Å²) in [4.78, 5) is 47.1. The average molecular weight is 698 g/mol. The van der Waals surface area contributed by atoms with Crippen molar-refractivity contribution in [2.45, 2.75) is 77.9 Å². The summed E-state index contributed by atoms with van der Waals surface area (Å²) in [5.41, 5.74) is 0.255. The molecule has 2 saturated heterocycles.